The van der Waals surface area contributed by atoms with Crippen molar-refractivity contribution < 1.29 is 4.79 Å². The first kappa shape index (κ1) is 17.6. The van der Waals surface area contributed by atoms with Crippen LogP contribution in [0, 0.1) is 27.7 Å². The standard InChI is InChI=1S/C21H22N4O/c1-13-9-14(2)11-17(10-13)24-20-12-19(22-16(4)23-20)21(26)25-18-8-6-5-7-15(18)3/h5-12H,1-4H3,(H,25,26)(H,22,23,24). The van der Waals surface area contributed by atoms with E-state index in [1.54, 1.807) is 13.0 Å². The first-order chi connectivity index (χ1) is 12.4. The van der Waals surface area contributed by atoms with E-state index in [-0.39, 0.29) is 5.91 Å². The molecule has 0 spiro atoms. The number of para-hydroxylation sites is 1. The Morgan fingerprint density at radius 2 is 1.58 bits per heavy atom. The van der Waals surface area contributed by atoms with Crippen molar-refractivity contribution in [1.82, 2.24) is 9.97 Å². The molecule has 0 aliphatic heterocycles. The first-order valence-corrected chi connectivity index (χ1v) is 8.49. The van der Waals surface area contributed by atoms with Gasteiger partial charge in [-0.05, 0) is 62.6 Å². The molecule has 2 N–H and O–H groups in total. The second kappa shape index (κ2) is 7.35. The highest BCUT2D eigenvalue weighted by Crippen LogP contribution is 2.20. The summed E-state index contributed by atoms with van der Waals surface area (Å²) in [5.74, 6) is 0.875. The summed E-state index contributed by atoms with van der Waals surface area (Å²) in [4.78, 5) is 21.3. The van der Waals surface area contributed by atoms with Gasteiger partial charge in [-0.25, -0.2) is 9.97 Å². The monoisotopic (exact) mass is 346 g/mol. The lowest BCUT2D eigenvalue weighted by atomic mass is 10.1. The fraction of sp³-hybridized carbons (Fsp3) is 0.190. The maximum Gasteiger partial charge on any atom is 0.274 e. The molecule has 132 valence electrons. The Morgan fingerprint density at radius 1 is 0.885 bits per heavy atom. The highest BCUT2D eigenvalue weighted by Gasteiger charge is 2.12. The van der Waals surface area contributed by atoms with Gasteiger partial charge in [0.2, 0.25) is 0 Å². The number of nitrogens with zero attached hydrogens (tertiary/aromatic N) is 2. The molecule has 3 rings (SSSR count). The van der Waals surface area contributed by atoms with Crippen molar-refractivity contribution in [3.8, 4) is 0 Å². The molecule has 5 nitrogen and oxygen atoms in total. The Labute approximate surface area is 153 Å². The van der Waals surface area contributed by atoms with Crippen molar-refractivity contribution in [2.24, 2.45) is 0 Å². The summed E-state index contributed by atoms with van der Waals surface area (Å²) in [5.41, 5.74) is 5.36. The van der Waals surface area contributed by atoms with Crippen molar-refractivity contribution in [3.05, 3.63) is 76.7 Å². The summed E-state index contributed by atoms with van der Waals surface area (Å²) in [6, 6.07) is 15.5. The number of carbonyl (C=O) groups is 1. The van der Waals surface area contributed by atoms with Crippen LogP contribution in [0.15, 0.2) is 48.5 Å². The third-order valence-corrected chi connectivity index (χ3v) is 3.96. The van der Waals surface area contributed by atoms with Gasteiger partial charge in [0.15, 0.2) is 0 Å². The third kappa shape index (κ3) is 4.25. The zero-order valence-corrected chi connectivity index (χ0v) is 15.4. The maximum absolute atomic E-state index is 12.6. The zero-order valence-electron chi connectivity index (χ0n) is 15.4. The van der Waals surface area contributed by atoms with E-state index in [1.807, 2.05) is 57.2 Å². The lowest BCUT2D eigenvalue weighted by Crippen LogP contribution is -2.16. The average Bonchev–Trinajstić information content (AvgIpc) is 2.55. The molecule has 1 aromatic heterocycles. The van der Waals surface area contributed by atoms with Crippen molar-refractivity contribution in [1.29, 1.82) is 0 Å². The molecular weight excluding hydrogens is 324 g/mol. The van der Waals surface area contributed by atoms with E-state index in [1.165, 1.54) is 0 Å². The van der Waals surface area contributed by atoms with Crippen LogP contribution in [0.5, 0.6) is 0 Å². The Kier molecular flexibility index (Phi) is 4.98. The summed E-state index contributed by atoms with van der Waals surface area (Å²) >= 11 is 0. The second-order valence-corrected chi connectivity index (χ2v) is 6.46. The molecule has 3 aromatic rings. The quantitative estimate of drug-likeness (QED) is 0.718. The van der Waals surface area contributed by atoms with E-state index in [0.29, 0.717) is 17.3 Å². The molecule has 0 aliphatic carbocycles. The number of amides is 1. The summed E-state index contributed by atoms with van der Waals surface area (Å²) in [7, 11) is 0. The number of anilines is 3. The van der Waals surface area contributed by atoms with Gasteiger partial charge in [-0.1, -0.05) is 24.3 Å². The summed E-state index contributed by atoms with van der Waals surface area (Å²) in [6.07, 6.45) is 0. The van der Waals surface area contributed by atoms with Crippen molar-refractivity contribution in [2.75, 3.05) is 10.6 Å². The minimum atomic E-state index is -0.256. The first-order valence-electron chi connectivity index (χ1n) is 8.49. The number of rotatable bonds is 4. The van der Waals surface area contributed by atoms with Crippen LogP contribution in [-0.4, -0.2) is 15.9 Å². The number of carbonyl (C=O) groups excluding carboxylic acids is 1. The van der Waals surface area contributed by atoms with Crippen LogP contribution in [0.1, 0.15) is 33.0 Å². The fourth-order valence-electron chi connectivity index (χ4n) is 2.84. The summed E-state index contributed by atoms with van der Waals surface area (Å²) < 4.78 is 0. The minimum Gasteiger partial charge on any atom is -0.340 e. The lowest BCUT2D eigenvalue weighted by molar-refractivity contribution is 0.102. The molecule has 26 heavy (non-hydrogen) atoms. The molecule has 0 saturated carbocycles. The fourth-order valence-corrected chi connectivity index (χ4v) is 2.84. The molecule has 0 saturated heterocycles. The van der Waals surface area contributed by atoms with Gasteiger partial charge in [-0.15, -0.1) is 0 Å². The van der Waals surface area contributed by atoms with Crippen molar-refractivity contribution >= 4 is 23.1 Å². The number of hydrogen-bond donors (Lipinski definition) is 2. The van der Waals surface area contributed by atoms with Crippen LogP contribution >= 0.6 is 0 Å². The number of aromatic nitrogens is 2. The second-order valence-electron chi connectivity index (χ2n) is 6.46. The molecule has 1 heterocycles. The van der Waals surface area contributed by atoms with Gasteiger partial charge < -0.3 is 10.6 Å². The Balaban J connectivity index is 1.85. The maximum atomic E-state index is 12.6. The van der Waals surface area contributed by atoms with Crippen LogP contribution < -0.4 is 10.6 Å². The summed E-state index contributed by atoms with van der Waals surface area (Å²) in [5, 5.41) is 6.17. The highest BCUT2D eigenvalue weighted by atomic mass is 16.1. The minimum absolute atomic E-state index is 0.256. The average molecular weight is 346 g/mol. The molecule has 5 heteroatoms. The smallest absolute Gasteiger partial charge is 0.274 e. The van der Waals surface area contributed by atoms with Crippen molar-refractivity contribution in [3.63, 3.8) is 0 Å². The zero-order chi connectivity index (χ0) is 18.7. The van der Waals surface area contributed by atoms with Crippen LogP contribution in [0.3, 0.4) is 0 Å². The number of aryl methyl sites for hydroxylation is 4. The lowest BCUT2D eigenvalue weighted by Gasteiger charge is -2.11. The van der Waals surface area contributed by atoms with E-state index in [0.717, 1.165) is 28.1 Å². The number of benzene rings is 2. The largest absolute Gasteiger partial charge is 0.340 e. The predicted molar refractivity (Wildman–Crippen MR) is 105 cm³/mol. The third-order valence-electron chi connectivity index (χ3n) is 3.96. The van der Waals surface area contributed by atoms with Crippen LogP contribution in [0.2, 0.25) is 0 Å². The van der Waals surface area contributed by atoms with E-state index in [4.69, 9.17) is 0 Å². The Morgan fingerprint density at radius 3 is 2.27 bits per heavy atom. The van der Waals surface area contributed by atoms with Gasteiger partial charge in [-0.2, -0.15) is 0 Å². The van der Waals surface area contributed by atoms with Gasteiger partial charge in [0, 0.05) is 17.4 Å². The number of hydrogen-bond acceptors (Lipinski definition) is 4. The number of nitrogens with one attached hydrogen (secondary N) is 2. The molecular formula is C21H22N4O. The highest BCUT2D eigenvalue weighted by molar-refractivity contribution is 6.03. The molecule has 0 fully saturated rings. The van der Waals surface area contributed by atoms with E-state index < -0.39 is 0 Å². The Bertz CT molecular complexity index is 946. The summed E-state index contributed by atoms with van der Waals surface area (Å²) in [6.45, 7) is 7.82. The SMILES string of the molecule is Cc1cc(C)cc(Nc2cc(C(=O)Nc3ccccc3C)nc(C)n2)c1. The van der Waals surface area contributed by atoms with Crippen LogP contribution in [-0.2, 0) is 0 Å². The van der Waals surface area contributed by atoms with Crippen LogP contribution in [0.4, 0.5) is 17.2 Å². The van der Waals surface area contributed by atoms with Gasteiger partial charge in [0.05, 0.1) is 0 Å². The molecule has 0 unspecified atom stereocenters. The molecule has 0 radical (unpaired) electrons. The normalized spacial score (nSPS) is 10.5. The van der Waals surface area contributed by atoms with Crippen molar-refractivity contribution in [2.45, 2.75) is 27.7 Å². The van der Waals surface area contributed by atoms with Gasteiger partial charge in [0.25, 0.3) is 5.91 Å². The van der Waals surface area contributed by atoms with E-state index in [2.05, 4.69) is 26.7 Å². The molecule has 1 amide bonds. The van der Waals surface area contributed by atoms with Gasteiger partial charge >= 0.3 is 0 Å². The van der Waals surface area contributed by atoms with Gasteiger partial charge in [-0.3, -0.25) is 4.79 Å². The Hall–Kier alpha value is -3.21. The topological polar surface area (TPSA) is 66.9 Å². The molecule has 0 bridgehead atoms. The molecule has 0 atom stereocenters. The predicted octanol–water partition coefficient (Wildman–Crippen LogP) is 4.71. The van der Waals surface area contributed by atoms with E-state index in [9.17, 15) is 4.79 Å². The molecule has 0 aliphatic rings. The van der Waals surface area contributed by atoms with Crippen LogP contribution in [0.25, 0.3) is 0 Å². The van der Waals surface area contributed by atoms with Gasteiger partial charge in [0.1, 0.15) is 17.3 Å². The molecule has 2 aromatic carbocycles. The van der Waals surface area contributed by atoms with E-state index >= 15 is 0 Å².